The molecule has 1 unspecified atom stereocenters. The Kier molecular flexibility index (Phi) is 6.25. The number of amides is 1. The number of aliphatic imine (C=N–C) groups is 1. The number of nitrogens with two attached hydrogens (primary N) is 1. The van der Waals surface area contributed by atoms with Crippen molar-refractivity contribution in [2.45, 2.75) is 32.5 Å². The van der Waals surface area contributed by atoms with Gasteiger partial charge in [0.2, 0.25) is 5.95 Å². The van der Waals surface area contributed by atoms with Gasteiger partial charge >= 0.3 is 6.18 Å². The molecule has 1 fully saturated rings. The summed E-state index contributed by atoms with van der Waals surface area (Å²) in [5, 5.41) is 3.03. The number of likely N-dealkylation sites (tertiary alicyclic amines) is 1. The van der Waals surface area contributed by atoms with Crippen LogP contribution in [0.4, 0.5) is 23.5 Å². The lowest BCUT2D eigenvalue weighted by Crippen LogP contribution is -2.51. The van der Waals surface area contributed by atoms with Gasteiger partial charge in [-0.2, -0.15) is 18.3 Å². The molecular weight excluding hydrogens is 440 g/mol. The number of nitrogens with zero attached hydrogens (tertiary/aromatic N) is 5. The van der Waals surface area contributed by atoms with Crippen LogP contribution in [0.2, 0.25) is 5.02 Å². The summed E-state index contributed by atoms with van der Waals surface area (Å²) in [5.41, 5.74) is -0.644. The number of carbonyl (C=O) groups is 1. The minimum Gasteiger partial charge on any atom is -0.330 e. The molecule has 7 nitrogen and oxygen atoms in total. The predicted octanol–water partition coefficient (Wildman–Crippen LogP) is 3.92. The van der Waals surface area contributed by atoms with Gasteiger partial charge in [-0.15, -0.1) is 0 Å². The van der Waals surface area contributed by atoms with Crippen LogP contribution in [0.1, 0.15) is 35.0 Å². The number of piperidine rings is 1. The number of alkyl halides is 3. The summed E-state index contributed by atoms with van der Waals surface area (Å²) in [6.07, 6.45) is -3.53. The molecule has 2 N–H and O–H groups in total. The molecule has 0 saturated carbocycles. The Hall–Kier alpha value is -3.08. The van der Waals surface area contributed by atoms with Crippen LogP contribution in [0.15, 0.2) is 34.5 Å². The molecule has 1 aliphatic heterocycles. The van der Waals surface area contributed by atoms with Crippen LogP contribution in [0.25, 0.3) is 0 Å². The second-order valence-electron chi connectivity index (χ2n) is 6.77. The second-order valence-corrected chi connectivity index (χ2v) is 7.14. The van der Waals surface area contributed by atoms with Crippen molar-refractivity contribution in [3.8, 4) is 0 Å². The van der Waals surface area contributed by atoms with Crippen molar-refractivity contribution in [1.82, 2.24) is 14.9 Å². The van der Waals surface area contributed by atoms with Crippen molar-refractivity contribution in [3.05, 3.63) is 52.1 Å². The molecule has 2 aromatic rings. The van der Waals surface area contributed by atoms with Crippen molar-refractivity contribution in [1.29, 1.82) is 0 Å². The molecule has 1 aliphatic rings. The van der Waals surface area contributed by atoms with Crippen LogP contribution in [0.5, 0.6) is 0 Å². The Labute approximate surface area is 179 Å². The highest BCUT2D eigenvalue weighted by atomic mass is 35.5. The molecule has 2 heterocycles. The number of aryl methyl sites for hydroxylation is 1. The Morgan fingerprint density at radius 3 is 2.68 bits per heavy atom. The molecule has 1 amide bonds. The van der Waals surface area contributed by atoms with Crippen LogP contribution in [0, 0.1) is 12.7 Å². The van der Waals surface area contributed by atoms with Gasteiger partial charge in [0.1, 0.15) is 5.71 Å². The van der Waals surface area contributed by atoms with Crippen molar-refractivity contribution in [2.24, 2.45) is 15.9 Å². The number of benzene rings is 1. The molecule has 3 rings (SSSR count). The van der Waals surface area contributed by atoms with Crippen molar-refractivity contribution in [3.63, 3.8) is 0 Å². The van der Waals surface area contributed by atoms with E-state index in [0.29, 0.717) is 5.71 Å². The van der Waals surface area contributed by atoms with Crippen molar-refractivity contribution in [2.75, 3.05) is 6.54 Å². The number of hydrazone groups is 1. The van der Waals surface area contributed by atoms with Crippen LogP contribution < -0.4 is 5.84 Å². The van der Waals surface area contributed by atoms with E-state index in [9.17, 15) is 22.4 Å². The second kappa shape index (κ2) is 8.58. The fourth-order valence-electron chi connectivity index (χ4n) is 3.20. The number of carbonyl (C=O) groups excluding carboxylic acids is 1. The molecule has 0 spiro atoms. The minimum atomic E-state index is -4.70. The van der Waals surface area contributed by atoms with Gasteiger partial charge in [0, 0.05) is 13.0 Å². The first-order valence-corrected chi connectivity index (χ1v) is 9.44. The number of hydrogen-bond acceptors (Lipinski definition) is 6. The smallest absolute Gasteiger partial charge is 0.330 e. The van der Waals surface area contributed by atoms with E-state index in [4.69, 9.17) is 17.4 Å². The molecule has 1 aromatic carbocycles. The van der Waals surface area contributed by atoms with Gasteiger partial charge in [-0.25, -0.2) is 19.4 Å². The summed E-state index contributed by atoms with van der Waals surface area (Å²) in [6, 6.07) is 2.44. The van der Waals surface area contributed by atoms with Gasteiger partial charge in [0.05, 0.1) is 39.8 Å². The summed E-state index contributed by atoms with van der Waals surface area (Å²) < 4.78 is 52.8. The van der Waals surface area contributed by atoms with E-state index in [1.807, 2.05) is 0 Å². The van der Waals surface area contributed by atoms with Crippen LogP contribution in [-0.2, 0) is 6.18 Å². The topological polar surface area (TPSA) is 96.8 Å². The lowest BCUT2D eigenvalue weighted by atomic mass is 9.97. The standard InChI is InChI=1S/C19H17ClF4N6O/c1-9-13(21)8-26-18(27-9)28-14-6-7-30(10(2)16(14)29-25)17(31)11-4-3-5-12(15(11)20)19(22,23)24/h3-5,8,10H,6-7,25H2,1-2H3. The van der Waals surface area contributed by atoms with E-state index in [2.05, 4.69) is 20.1 Å². The van der Waals surface area contributed by atoms with Crippen LogP contribution in [-0.4, -0.2) is 44.8 Å². The predicted molar refractivity (Wildman–Crippen MR) is 107 cm³/mol. The average Bonchev–Trinajstić information content (AvgIpc) is 2.70. The molecule has 1 saturated heterocycles. The fourth-order valence-corrected chi connectivity index (χ4v) is 3.51. The molecule has 1 aromatic heterocycles. The number of halogens is 5. The normalized spacial score (nSPS) is 19.8. The highest BCUT2D eigenvalue weighted by Gasteiger charge is 2.37. The lowest BCUT2D eigenvalue weighted by Gasteiger charge is -2.35. The molecule has 0 radical (unpaired) electrons. The quantitative estimate of drug-likeness (QED) is 0.421. The van der Waals surface area contributed by atoms with E-state index < -0.39 is 34.5 Å². The maximum atomic E-state index is 13.4. The summed E-state index contributed by atoms with van der Waals surface area (Å²) in [4.78, 5) is 26.3. The molecule has 164 valence electrons. The monoisotopic (exact) mass is 456 g/mol. The molecular formula is C19H17ClF4N6O. The Morgan fingerprint density at radius 1 is 1.35 bits per heavy atom. The van der Waals surface area contributed by atoms with E-state index in [1.54, 1.807) is 6.92 Å². The first-order valence-electron chi connectivity index (χ1n) is 9.06. The van der Waals surface area contributed by atoms with Gasteiger partial charge in [-0.05, 0) is 26.0 Å². The largest absolute Gasteiger partial charge is 0.417 e. The molecule has 0 bridgehead atoms. The fraction of sp³-hybridized carbons (Fsp3) is 0.316. The average molecular weight is 457 g/mol. The molecule has 0 aliphatic carbocycles. The zero-order valence-corrected chi connectivity index (χ0v) is 17.2. The first-order chi connectivity index (χ1) is 14.5. The number of rotatable bonds is 2. The van der Waals surface area contributed by atoms with Crippen LogP contribution in [0.3, 0.4) is 0 Å². The summed E-state index contributed by atoms with van der Waals surface area (Å²) >= 11 is 5.90. The van der Waals surface area contributed by atoms with Gasteiger partial charge < -0.3 is 10.7 Å². The number of aromatic nitrogens is 2. The van der Waals surface area contributed by atoms with Gasteiger partial charge in [0.25, 0.3) is 5.91 Å². The van der Waals surface area contributed by atoms with E-state index in [1.165, 1.54) is 17.9 Å². The summed E-state index contributed by atoms with van der Waals surface area (Å²) in [7, 11) is 0. The summed E-state index contributed by atoms with van der Waals surface area (Å²) in [5.74, 6) is 4.22. The first kappa shape index (κ1) is 22.6. The third-order valence-corrected chi connectivity index (χ3v) is 5.23. The lowest BCUT2D eigenvalue weighted by molar-refractivity contribution is -0.137. The molecule has 1 atom stereocenters. The maximum absolute atomic E-state index is 13.4. The van der Waals surface area contributed by atoms with E-state index >= 15 is 0 Å². The highest BCUT2D eigenvalue weighted by Crippen LogP contribution is 2.37. The van der Waals surface area contributed by atoms with Gasteiger partial charge in [0.15, 0.2) is 5.82 Å². The Balaban J connectivity index is 1.91. The number of hydrogen-bond donors (Lipinski definition) is 1. The zero-order chi connectivity index (χ0) is 22.9. The Morgan fingerprint density at radius 2 is 2.06 bits per heavy atom. The Bertz CT molecular complexity index is 1090. The van der Waals surface area contributed by atoms with Crippen LogP contribution >= 0.6 is 11.6 Å². The summed E-state index contributed by atoms with van der Waals surface area (Å²) in [6.45, 7) is 3.18. The van der Waals surface area contributed by atoms with Gasteiger partial charge in [-0.1, -0.05) is 17.7 Å². The van der Waals surface area contributed by atoms with E-state index in [0.717, 1.165) is 18.3 Å². The van der Waals surface area contributed by atoms with E-state index in [-0.39, 0.29) is 35.9 Å². The molecule has 12 heteroatoms. The van der Waals surface area contributed by atoms with Crippen molar-refractivity contribution < 1.29 is 22.4 Å². The highest BCUT2D eigenvalue weighted by molar-refractivity contribution is 6.45. The minimum absolute atomic E-state index is 0.00273. The van der Waals surface area contributed by atoms with Gasteiger partial charge in [-0.3, -0.25) is 4.79 Å². The SMILES string of the molecule is Cc1nc(N=C2CCN(C(=O)c3cccc(C(F)(F)F)c3Cl)C(C)C2=NN)ncc1F. The zero-order valence-electron chi connectivity index (χ0n) is 16.4. The third-order valence-electron chi connectivity index (χ3n) is 4.82. The third kappa shape index (κ3) is 4.50. The maximum Gasteiger partial charge on any atom is 0.417 e. The molecule has 31 heavy (non-hydrogen) atoms. The van der Waals surface area contributed by atoms with Crippen molar-refractivity contribution >= 4 is 34.9 Å².